The molecule has 0 spiro atoms. The second kappa shape index (κ2) is 5.16. The zero-order valence-electron chi connectivity index (χ0n) is 10.3. The Morgan fingerprint density at radius 2 is 2.10 bits per heavy atom. The lowest BCUT2D eigenvalue weighted by Crippen LogP contribution is -2.54. The predicted octanol–water partition coefficient (Wildman–Crippen LogP) is 2.60. The smallest absolute Gasteiger partial charge is 0.257 e. The van der Waals surface area contributed by atoms with Crippen molar-refractivity contribution in [3.05, 3.63) is 38.8 Å². The molecule has 1 heterocycles. The van der Waals surface area contributed by atoms with E-state index in [1.807, 2.05) is 22.6 Å². The van der Waals surface area contributed by atoms with E-state index in [4.69, 9.17) is 11.6 Å². The maximum absolute atomic E-state index is 14.0. The van der Waals surface area contributed by atoms with Gasteiger partial charge in [0.25, 0.3) is 5.91 Å². The average molecular weight is 409 g/mol. The van der Waals surface area contributed by atoms with Crippen molar-refractivity contribution in [1.29, 1.82) is 0 Å². The molecule has 3 rings (SSSR count). The fourth-order valence-corrected chi connectivity index (χ4v) is 3.00. The number of anilines is 1. The summed E-state index contributed by atoms with van der Waals surface area (Å²) < 4.78 is 14.8. The van der Waals surface area contributed by atoms with Crippen LogP contribution in [0, 0.1) is 9.39 Å². The SMILES string of the molecule is O=C1C=C(Cl)N(C2CC2)C(O)N1c1ccc(I)cc1F. The summed E-state index contributed by atoms with van der Waals surface area (Å²) in [5.41, 5.74) is 0.0500. The summed E-state index contributed by atoms with van der Waals surface area (Å²) in [5, 5.41) is 10.6. The Morgan fingerprint density at radius 3 is 2.70 bits per heavy atom. The van der Waals surface area contributed by atoms with Gasteiger partial charge in [-0.25, -0.2) is 4.39 Å². The molecule has 0 bridgehead atoms. The maximum Gasteiger partial charge on any atom is 0.257 e. The number of halogens is 3. The lowest BCUT2D eigenvalue weighted by molar-refractivity contribution is -0.120. The number of carbonyl (C=O) groups excluding carboxylic acids is 1. The minimum absolute atomic E-state index is 0.0500. The predicted molar refractivity (Wildman–Crippen MR) is 81.4 cm³/mol. The van der Waals surface area contributed by atoms with E-state index in [1.165, 1.54) is 18.2 Å². The molecule has 1 amide bonds. The first-order valence-corrected chi connectivity index (χ1v) is 7.56. The van der Waals surface area contributed by atoms with Crippen molar-refractivity contribution >= 4 is 45.8 Å². The third-order valence-corrected chi connectivity index (χ3v) is 4.29. The lowest BCUT2D eigenvalue weighted by Gasteiger charge is -2.39. The van der Waals surface area contributed by atoms with Crippen molar-refractivity contribution in [2.45, 2.75) is 25.2 Å². The quantitative estimate of drug-likeness (QED) is 0.604. The Bertz CT molecular complexity index is 606. The Hall–Kier alpha value is -0.860. The van der Waals surface area contributed by atoms with Crippen LogP contribution in [-0.4, -0.2) is 28.3 Å². The number of aliphatic hydroxyl groups is 1. The van der Waals surface area contributed by atoms with Crippen molar-refractivity contribution in [2.24, 2.45) is 0 Å². The minimum Gasteiger partial charge on any atom is -0.356 e. The molecule has 20 heavy (non-hydrogen) atoms. The van der Waals surface area contributed by atoms with Gasteiger partial charge < -0.3 is 10.0 Å². The molecular formula is C13H11ClFIN2O2. The summed E-state index contributed by atoms with van der Waals surface area (Å²) in [5.74, 6) is -1.08. The van der Waals surface area contributed by atoms with Crippen LogP contribution in [0.15, 0.2) is 29.4 Å². The number of carbonyl (C=O) groups is 1. The highest BCUT2D eigenvalue weighted by Crippen LogP contribution is 2.37. The van der Waals surface area contributed by atoms with E-state index in [0.29, 0.717) is 0 Å². The molecule has 0 radical (unpaired) electrons. The van der Waals surface area contributed by atoms with E-state index in [0.717, 1.165) is 21.3 Å². The van der Waals surface area contributed by atoms with Crippen LogP contribution >= 0.6 is 34.2 Å². The monoisotopic (exact) mass is 408 g/mol. The molecule has 7 heteroatoms. The summed E-state index contributed by atoms with van der Waals surface area (Å²) in [4.78, 5) is 14.6. The third kappa shape index (κ3) is 2.40. The van der Waals surface area contributed by atoms with E-state index < -0.39 is 18.1 Å². The third-order valence-electron chi connectivity index (χ3n) is 3.32. The Morgan fingerprint density at radius 1 is 1.40 bits per heavy atom. The van der Waals surface area contributed by atoms with Crippen molar-refractivity contribution in [3.8, 4) is 0 Å². The van der Waals surface area contributed by atoms with Crippen molar-refractivity contribution in [3.63, 3.8) is 0 Å². The van der Waals surface area contributed by atoms with Crippen LogP contribution in [0.2, 0.25) is 0 Å². The van der Waals surface area contributed by atoms with Crippen molar-refractivity contribution in [2.75, 3.05) is 4.90 Å². The van der Waals surface area contributed by atoms with Crippen LogP contribution < -0.4 is 4.90 Å². The van der Waals surface area contributed by atoms with Crippen molar-refractivity contribution in [1.82, 2.24) is 4.90 Å². The van der Waals surface area contributed by atoms with Gasteiger partial charge in [0.05, 0.1) is 5.69 Å². The Kier molecular flexibility index (Phi) is 3.64. The van der Waals surface area contributed by atoms with Crippen LogP contribution in [0.3, 0.4) is 0 Å². The first-order valence-electron chi connectivity index (χ1n) is 6.11. The number of hydrogen-bond donors (Lipinski definition) is 1. The van der Waals surface area contributed by atoms with E-state index >= 15 is 0 Å². The fourth-order valence-electron chi connectivity index (χ4n) is 2.23. The van der Waals surface area contributed by atoms with Gasteiger partial charge >= 0.3 is 0 Å². The summed E-state index contributed by atoms with van der Waals surface area (Å²) in [6, 6.07) is 4.59. The number of aliphatic hydroxyl groups excluding tert-OH is 1. The van der Waals surface area contributed by atoms with Gasteiger partial charge in [0.1, 0.15) is 11.0 Å². The van der Waals surface area contributed by atoms with Crippen LogP contribution in [-0.2, 0) is 4.79 Å². The van der Waals surface area contributed by atoms with Crippen LogP contribution in [0.25, 0.3) is 0 Å². The topological polar surface area (TPSA) is 43.8 Å². The van der Waals surface area contributed by atoms with Gasteiger partial charge in [-0.05, 0) is 53.6 Å². The molecule has 4 nitrogen and oxygen atoms in total. The number of amides is 1. The zero-order valence-corrected chi connectivity index (χ0v) is 13.2. The number of benzene rings is 1. The summed E-state index contributed by atoms with van der Waals surface area (Å²) >= 11 is 7.99. The fraction of sp³-hybridized carbons (Fsp3) is 0.308. The van der Waals surface area contributed by atoms with E-state index in [-0.39, 0.29) is 16.9 Å². The normalized spacial score (nSPS) is 23.1. The highest BCUT2D eigenvalue weighted by atomic mass is 127. The average Bonchev–Trinajstić information content (AvgIpc) is 3.15. The molecule has 0 aromatic heterocycles. The van der Waals surface area contributed by atoms with Gasteiger partial charge in [-0.2, -0.15) is 0 Å². The lowest BCUT2D eigenvalue weighted by atomic mass is 10.2. The summed E-state index contributed by atoms with van der Waals surface area (Å²) in [6.07, 6.45) is 1.74. The molecule has 1 N–H and O–H groups in total. The van der Waals surface area contributed by atoms with Crippen LogP contribution in [0.1, 0.15) is 12.8 Å². The largest absolute Gasteiger partial charge is 0.356 e. The molecule has 0 saturated heterocycles. The maximum atomic E-state index is 14.0. The van der Waals surface area contributed by atoms with Gasteiger partial charge in [0.2, 0.25) is 6.35 Å². The molecule has 1 aromatic carbocycles. The highest BCUT2D eigenvalue weighted by Gasteiger charge is 2.42. The second-order valence-corrected chi connectivity index (χ2v) is 6.39. The molecule has 1 aromatic rings. The molecule has 1 aliphatic heterocycles. The molecule has 1 aliphatic carbocycles. The van der Waals surface area contributed by atoms with Crippen LogP contribution in [0.5, 0.6) is 0 Å². The molecular weight excluding hydrogens is 398 g/mol. The van der Waals surface area contributed by atoms with Gasteiger partial charge in [0, 0.05) is 15.7 Å². The van der Waals surface area contributed by atoms with Crippen LogP contribution in [0.4, 0.5) is 10.1 Å². The molecule has 1 unspecified atom stereocenters. The minimum atomic E-state index is -1.28. The number of nitrogens with zero attached hydrogens (tertiary/aromatic N) is 2. The zero-order chi connectivity index (χ0) is 14.4. The van der Waals surface area contributed by atoms with E-state index in [2.05, 4.69) is 0 Å². The molecule has 1 saturated carbocycles. The Labute approximate surface area is 133 Å². The number of hydrogen-bond acceptors (Lipinski definition) is 3. The van der Waals surface area contributed by atoms with Crippen molar-refractivity contribution < 1.29 is 14.3 Å². The standard InChI is InChI=1S/C13H11ClFIN2O2/c14-11-6-12(19)18(13(20)17(11)8-2-3-8)10-4-1-7(16)5-9(10)15/h1,4-6,8,13,20H,2-3H2. The van der Waals surface area contributed by atoms with Gasteiger partial charge in [-0.15, -0.1) is 0 Å². The second-order valence-electron chi connectivity index (χ2n) is 4.76. The van der Waals surface area contributed by atoms with Gasteiger partial charge in [0.15, 0.2) is 0 Å². The molecule has 1 atom stereocenters. The summed E-state index contributed by atoms with van der Waals surface area (Å²) in [6.45, 7) is 0. The number of rotatable bonds is 2. The molecule has 1 fully saturated rings. The van der Waals surface area contributed by atoms with Gasteiger partial charge in [-0.3, -0.25) is 9.69 Å². The summed E-state index contributed by atoms with van der Waals surface area (Å²) in [7, 11) is 0. The highest BCUT2D eigenvalue weighted by molar-refractivity contribution is 14.1. The first kappa shape index (κ1) is 14.1. The first-order chi connectivity index (χ1) is 9.49. The Balaban J connectivity index is 2.01. The van der Waals surface area contributed by atoms with Gasteiger partial charge in [-0.1, -0.05) is 11.6 Å². The molecule has 106 valence electrons. The van der Waals surface area contributed by atoms with E-state index in [1.54, 1.807) is 11.0 Å². The van der Waals surface area contributed by atoms with E-state index in [9.17, 15) is 14.3 Å². The molecule has 2 aliphatic rings.